The Morgan fingerprint density at radius 3 is 2.49 bits per heavy atom. The molecule has 1 N–H and O–H groups in total. The SMILES string of the molecule is O=C(Nc1ccc(-c2cc3c(o2)CCN(C(=O)c2cccc4ccccc24)C3)cc1)c1cccc(F)c1. The molecule has 0 aliphatic carbocycles. The van der Waals surface area contributed by atoms with Crippen LogP contribution >= 0.6 is 0 Å². The topological polar surface area (TPSA) is 62.6 Å². The summed E-state index contributed by atoms with van der Waals surface area (Å²) in [6.07, 6.45) is 0.646. The second-order valence-corrected chi connectivity index (χ2v) is 9.10. The zero-order valence-corrected chi connectivity index (χ0v) is 19.9. The van der Waals surface area contributed by atoms with E-state index in [0.717, 1.165) is 27.7 Å². The summed E-state index contributed by atoms with van der Waals surface area (Å²) in [5, 5.41) is 4.78. The van der Waals surface area contributed by atoms with Gasteiger partial charge in [-0.1, -0.05) is 42.5 Å². The quantitative estimate of drug-likeness (QED) is 0.305. The number of benzene rings is 4. The third-order valence-electron chi connectivity index (χ3n) is 6.69. The number of nitrogens with one attached hydrogen (secondary N) is 1. The number of amides is 2. The predicted octanol–water partition coefficient (Wildman–Crippen LogP) is 6.69. The Labute approximate surface area is 213 Å². The first kappa shape index (κ1) is 22.7. The Morgan fingerprint density at radius 2 is 1.65 bits per heavy atom. The molecule has 2 heterocycles. The molecular weight excluding hydrogens is 467 g/mol. The number of nitrogens with zero attached hydrogens (tertiary/aromatic N) is 1. The second kappa shape index (κ2) is 9.39. The van der Waals surface area contributed by atoms with E-state index < -0.39 is 5.82 Å². The van der Waals surface area contributed by atoms with E-state index in [1.165, 1.54) is 18.2 Å². The lowest BCUT2D eigenvalue weighted by molar-refractivity contribution is 0.0732. The summed E-state index contributed by atoms with van der Waals surface area (Å²) in [6.45, 7) is 1.08. The minimum atomic E-state index is -0.456. The lowest BCUT2D eigenvalue weighted by Crippen LogP contribution is -2.35. The third-order valence-corrected chi connectivity index (χ3v) is 6.69. The third kappa shape index (κ3) is 4.49. The Hall–Kier alpha value is -4.71. The van der Waals surface area contributed by atoms with Crippen molar-refractivity contribution < 1.29 is 18.4 Å². The molecule has 1 aliphatic heterocycles. The maximum atomic E-state index is 13.4. The van der Waals surface area contributed by atoms with Crippen molar-refractivity contribution >= 4 is 28.3 Å². The lowest BCUT2D eigenvalue weighted by atomic mass is 10.0. The van der Waals surface area contributed by atoms with Crippen molar-refractivity contribution in [2.75, 3.05) is 11.9 Å². The maximum absolute atomic E-state index is 13.4. The van der Waals surface area contributed by atoms with Crippen LogP contribution in [0.2, 0.25) is 0 Å². The summed E-state index contributed by atoms with van der Waals surface area (Å²) in [5.74, 6) is 0.787. The van der Waals surface area contributed by atoms with Crippen LogP contribution in [0.15, 0.2) is 101 Å². The molecule has 2 amide bonds. The van der Waals surface area contributed by atoms with E-state index >= 15 is 0 Å². The van der Waals surface area contributed by atoms with Crippen LogP contribution < -0.4 is 5.32 Å². The molecule has 0 spiro atoms. The van der Waals surface area contributed by atoms with Crippen molar-refractivity contribution in [3.63, 3.8) is 0 Å². The predicted molar refractivity (Wildman–Crippen MR) is 141 cm³/mol. The van der Waals surface area contributed by atoms with E-state index in [4.69, 9.17) is 4.42 Å². The molecule has 182 valence electrons. The molecule has 0 unspecified atom stereocenters. The number of hydrogen-bond donors (Lipinski definition) is 1. The number of hydrogen-bond acceptors (Lipinski definition) is 3. The monoisotopic (exact) mass is 490 g/mol. The Kier molecular flexibility index (Phi) is 5.77. The first-order valence-electron chi connectivity index (χ1n) is 12.1. The number of furan rings is 1. The average Bonchev–Trinajstić information content (AvgIpc) is 3.36. The van der Waals surface area contributed by atoms with Crippen molar-refractivity contribution in [2.45, 2.75) is 13.0 Å². The molecule has 0 bridgehead atoms. The minimum absolute atomic E-state index is 0.0172. The molecule has 1 aromatic heterocycles. The second-order valence-electron chi connectivity index (χ2n) is 9.10. The zero-order chi connectivity index (χ0) is 25.4. The van der Waals surface area contributed by atoms with E-state index in [-0.39, 0.29) is 17.4 Å². The van der Waals surface area contributed by atoms with Gasteiger partial charge in [0.05, 0.1) is 0 Å². The molecule has 1 aliphatic rings. The van der Waals surface area contributed by atoms with Gasteiger partial charge in [-0.05, 0) is 65.4 Å². The van der Waals surface area contributed by atoms with Crippen LogP contribution in [0.1, 0.15) is 32.0 Å². The first-order chi connectivity index (χ1) is 18.0. The van der Waals surface area contributed by atoms with Gasteiger partial charge in [0.1, 0.15) is 17.3 Å². The highest BCUT2D eigenvalue weighted by atomic mass is 19.1. The van der Waals surface area contributed by atoms with Crippen LogP contribution in [-0.2, 0) is 13.0 Å². The summed E-state index contributed by atoms with van der Waals surface area (Å²) in [6, 6.07) is 28.6. The minimum Gasteiger partial charge on any atom is -0.461 e. The van der Waals surface area contributed by atoms with Gasteiger partial charge >= 0.3 is 0 Å². The Bertz CT molecular complexity index is 1630. The van der Waals surface area contributed by atoms with E-state index in [1.54, 1.807) is 18.2 Å². The largest absolute Gasteiger partial charge is 0.461 e. The molecule has 5 nitrogen and oxygen atoms in total. The molecule has 0 fully saturated rings. The molecule has 0 radical (unpaired) electrons. The zero-order valence-electron chi connectivity index (χ0n) is 19.9. The van der Waals surface area contributed by atoms with E-state index in [2.05, 4.69) is 5.32 Å². The van der Waals surface area contributed by atoms with E-state index in [0.29, 0.717) is 36.5 Å². The number of halogens is 1. The summed E-state index contributed by atoms with van der Waals surface area (Å²) in [5.41, 5.74) is 3.43. The number of anilines is 1. The molecule has 37 heavy (non-hydrogen) atoms. The normalized spacial score (nSPS) is 12.8. The van der Waals surface area contributed by atoms with E-state index in [9.17, 15) is 14.0 Å². The molecule has 0 atom stereocenters. The Morgan fingerprint density at radius 1 is 0.865 bits per heavy atom. The fraction of sp³-hybridized carbons (Fsp3) is 0.0968. The summed E-state index contributed by atoms with van der Waals surface area (Å²) in [7, 11) is 0. The number of carbonyl (C=O) groups excluding carboxylic acids is 2. The first-order valence-corrected chi connectivity index (χ1v) is 12.1. The molecule has 6 rings (SSSR count). The van der Waals surface area contributed by atoms with Crippen LogP contribution in [-0.4, -0.2) is 23.3 Å². The van der Waals surface area contributed by atoms with E-state index in [1.807, 2.05) is 65.6 Å². The van der Waals surface area contributed by atoms with Gasteiger partial charge in [0, 0.05) is 47.5 Å². The van der Waals surface area contributed by atoms with Gasteiger partial charge in [0.15, 0.2) is 0 Å². The molecule has 6 heteroatoms. The fourth-order valence-corrected chi connectivity index (χ4v) is 4.78. The van der Waals surface area contributed by atoms with Crippen molar-refractivity contribution in [1.82, 2.24) is 4.90 Å². The molecule has 0 saturated carbocycles. The van der Waals surface area contributed by atoms with Crippen LogP contribution in [0.3, 0.4) is 0 Å². The van der Waals surface area contributed by atoms with Gasteiger partial charge < -0.3 is 14.6 Å². The van der Waals surface area contributed by atoms with Crippen molar-refractivity contribution in [3.05, 3.63) is 125 Å². The van der Waals surface area contributed by atoms with Gasteiger partial charge in [-0.3, -0.25) is 9.59 Å². The number of carbonyl (C=O) groups is 2. The summed E-state index contributed by atoms with van der Waals surface area (Å²) < 4.78 is 19.5. The van der Waals surface area contributed by atoms with Gasteiger partial charge in [0.2, 0.25) is 0 Å². The molecular formula is C31H23FN2O3. The van der Waals surface area contributed by atoms with Crippen molar-refractivity contribution in [1.29, 1.82) is 0 Å². The Balaban J connectivity index is 1.17. The molecule has 0 saturated heterocycles. The highest BCUT2D eigenvalue weighted by Crippen LogP contribution is 2.31. The summed E-state index contributed by atoms with van der Waals surface area (Å²) >= 11 is 0. The average molecular weight is 491 g/mol. The van der Waals surface area contributed by atoms with Gasteiger partial charge in [-0.15, -0.1) is 0 Å². The van der Waals surface area contributed by atoms with Gasteiger partial charge in [-0.25, -0.2) is 4.39 Å². The van der Waals surface area contributed by atoms with Crippen molar-refractivity contribution in [2.24, 2.45) is 0 Å². The van der Waals surface area contributed by atoms with Crippen LogP contribution in [0, 0.1) is 5.82 Å². The number of rotatable bonds is 4. The van der Waals surface area contributed by atoms with Crippen LogP contribution in [0.4, 0.5) is 10.1 Å². The molecule has 5 aromatic rings. The maximum Gasteiger partial charge on any atom is 0.255 e. The van der Waals surface area contributed by atoms with Crippen LogP contribution in [0.5, 0.6) is 0 Å². The smallest absolute Gasteiger partial charge is 0.255 e. The number of fused-ring (bicyclic) bond motifs is 2. The fourth-order valence-electron chi connectivity index (χ4n) is 4.78. The molecule has 4 aromatic carbocycles. The van der Waals surface area contributed by atoms with Gasteiger partial charge in [-0.2, -0.15) is 0 Å². The van der Waals surface area contributed by atoms with Gasteiger partial charge in [0.25, 0.3) is 11.8 Å². The highest BCUT2D eigenvalue weighted by molar-refractivity contribution is 6.07. The summed E-state index contributed by atoms with van der Waals surface area (Å²) in [4.78, 5) is 27.6. The van der Waals surface area contributed by atoms with Crippen LogP contribution in [0.25, 0.3) is 22.1 Å². The van der Waals surface area contributed by atoms with Crippen molar-refractivity contribution in [3.8, 4) is 11.3 Å². The lowest BCUT2D eigenvalue weighted by Gasteiger charge is -2.26. The standard InChI is InChI=1S/C31H23FN2O3/c32-24-8-3-7-22(17-24)30(35)33-25-13-11-21(12-14-25)29-18-23-19-34(16-15-28(23)37-29)31(36)27-10-4-6-20-5-1-2-9-26(20)27/h1-14,17-18H,15-16,19H2,(H,33,35). The highest BCUT2D eigenvalue weighted by Gasteiger charge is 2.26.